The average molecular weight is 361 g/mol. The van der Waals surface area contributed by atoms with E-state index in [9.17, 15) is 13.6 Å². The smallest absolute Gasteiger partial charge is 0.238 e. The molecule has 1 atom stereocenters. The first-order chi connectivity index (χ1) is 12.5. The summed E-state index contributed by atoms with van der Waals surface area (Å²) in [5.74, 6) is -0.928. The standard InChI is InChI=1S/C18H21F2N5O/c1-24(12-18(26)22-15-9-13(19)8-14(20)10-15)11-16-4-3-7-25(16)17-5-2-6-21-23-17/h2,5-6,8-10,16H,3-4,7,11-12H2,1H3,(H,22,26). The van der Waals surface area contributed by atoms with Gasteiger partial charge in [0.1, 0.15) is 11.6 Å². The Kier molecular flexibility index (Phi) is 5.72. The molecule has 2 aromatic rings. The molecular formula is C18H21F2N5O. The molecule has 0 aliphatic carbocycles. The summed E-state index contributed by atoms with van der Waals surface area (Å²) in [6.45, 7) is 1.72. The topological polar surface area (TPSA) is 61.4 Å². The van der Waals surface area contributed by atoms with Gasteiger partial charge in [-0.05, 0) is 44.2 Å². The third kappa shape index (κ3) is 4.72. The minimum atomic E-state index is -0.723. The van der Waals surface area contributed by atoms with Crippen molar-refractivity contribution in [2.45, 2.75) is 18.9 Å². The summed E-state index contributed by atoms with van der Waals surface area (Å²) in [6, 6.07) is 6.98. The van der Waals surface area contributed by atoms with Crippen LogP contribution in [0, 0.1) is 11.6 Å². The van der Waals surface area contributed by atoms with Gasteiger partial charge in [-0.15, -0.1) is 5.10 Å². The monoisotopic (exact) mass is 361 g/mol. The van der Waals surface area contributed by atoms with Crippen molar-refractivity contribution >= 4 is 17.4 Å². The van der Waals surface area contributed by atoms with Gasteiger partial charge in [0.2, 0.25) is 5.91 Å². The van der Waals surface area contributed by atoms with Crippen molar-refractivity contribution in [1.29, 1.82) is 0 Å². The lowest BCUT2D eigenvalue weighted by Gasteiger charge is -2.28. The molecule has 1 amide bonds. The van der Waals surface area contributed by atoms with Gasteiger partial charge in [0.15, 0.2) is 5.82 Å². The van der Waals surface area contributed by atoms with Crippen LogP contribution in [0.15, 0.2) is 36.5 Å². The maximum absolute atomic E-state index is 13.2. The molecular weight excluding hydrogens is 340 g/mol. The van der Waals surface area contributed by atoms with Gasteiger partial charge in [-0.3, -0.25) is 9.69 Å². The summed E-state index contributed by atoms with van der Waals surface area (Å²) in [5, 5.41) is 10.6. The summed E-state index contributed by atoms with van der Waals surface area (Å²) in [5.41, 5.74) is 0.114. The van der Waals surface area contributed by atoms with Crippen LogP contribution in [0.1, 0.15) is 12.8 Å². The third-order valence-corrected chi connectivity index (χ3v) is 4.31. The van der Waals surface area contributed by atoms with Gasteiger partial charge in [0, 0.05) is 37.1 Å². The second-order valence-electron chi connectivity index (χ2n) is 6.47. The second kappa shape index (κ2) is 8.18. The number of halogens is 2. The molecule has 1 N–H and O–H groups in total. The summed E-state index contributed by atoms with van der Waals surface area (Å²) < 4.78 is 26.4. The van der Waals surface area contributed by atoms with E-state index in [4.69, 9.17) is 0 Å². The number of hydrogen-bond donors (Lipinski definition) is 1. The summed E-state index contributed by atoms with van der Waals surface area (Å²) >= 11 is 0. The molecule has 2 heterocycles. The van der Waals surface area contributed by atoms with E-state index >= 15 is 0 Å². The Labute approximate surface area is 150 Å². The first-order valence-corrected chi connectivity index (χ1v) is 8.50. The van der Waals surface area contributed by atoms with Crippen molar-refractivity contribution in [2.75, 3.05) is 36.9 Å². The number of aromatic nitrogens is 2. The zero-order chi connectivity index (χ0) is 18.5. The average Bonchev–Trinajstić information content (AvgIpc) is 3.02. The van der Waals surface area contributed by atoms with E-state index in [-0.39, 0.29) is 24.2 Å². The number of anilines is 2. The van der Waals surface area contributed by atoms with Crippen molar-refractivity contribution in [3.05, 3.63) is 48.2 Å². The lowest BCUT2D eigenvalue weighted by Crippen LogP contribution is -2.42. The molecule has 0 saturated carbocycles. The molecule has 1 fully saturated rings. The molecule has 0 radical (unpaired) electrons. The Hall–Kier alpha value is -2.61. The van der Waals surface area contributed by atoms with Gasteiger partial charge in [-0.1, -0.05) is 0 Å². The van der Waals surface area contributed by atoms with Gasteiger partial charge >= 0.3 is 0 Å². The number of nitrogens with zero attached hydrogens (tertiary/aromatic N) is 4. The van der Waals surface area contributed by atoms with E-state index in [1.54, 1.807) is 6.20 Å². The lowest BCUT2D eigenvalue weighted by molar-refractivity contribution is -0.117. The van der Waals surface area contributed by atoms with Crippen molar-refractivity contribution in [2.24, 2.45) is 0 Å². The Bertz CT molecular complexity index is 738. The predicted molar refractivity (Wildman–Crippen MR) is 94.9 cm³/mol. The number of nitrogens with one attached hydrogen (secondary N) is 1. The fourth-order valence-electron chi connectivity index (χ4n) is 3.27. The van der Waals surface area contributed by atoms with Crippen molar-refractivity contribution in [1.82, 2.24) is 15.1 Å². The van der Waals surface area contributed by atoms with Crippen LogP contribution >= 0.6 is 0 Å². The highest BCUT2D eigenvalue weighted by Crippen LogP contribution is 2.23. The minimum absolute atomic E-state index is 0.114. The highest BCUT2D eigenvalue weighted by Gasteiger charge is 2.27. The van der Waals surface area contributed by atoms with Crippen LogP contribution in [0.25, 0.3) is 0 Å². The molecule has 1 aromatic carbocycles. The molecule has 0 bridgehead atoms. The molecule has 8 heteroatoms. The van der Waals surface area contributed by atoms with Gasteiger partial charge in [-0.2, -0.15) is 5.10 Å². The van der Waals surface area contributed by atoms with E-state index in [1.165, 1.54) is 0 Å². The number of amides is 1. The Morgan fingerprint density at radius 2 is 2.12 bits per heavy atom. The maximum atomic E-state index is 13.2. The molecule has 138 valence electrons. The van der Waals surface area contributed by atoms with Crippen LogP contribution in [0.5, 0.6) is 0 Å². The Morgan fingerprint density at radius 3 is 2.81 bits per heavy atom. The van der Waals surface area contributed by atoms with Crippen LogP contribution in [-0.4, -0.2) is 53.7 Å². The molecule has 1 aromatic heterocycles. The summed E-state index contributed by atoms with van der Waals surface area (Å²) in [4.78, 5) is 16.2. The lowest BCUT2D eigenvalue weighted by atomic mass is 10.2. The maximum Gasteiger partial charge on any atom is 0.238 e. The number of likely N-dealkylation sites (N-methyl/N-ethyl adjacent to an activating group) is 1. The van der Waals surface area contributed by atoms with Crippen molar-refractivity contribution < 1.29 is 13.6 Å². The van der Waals surface area contributed by atoms with E-state index < -0.39 is 11.6 Å². The van der Waals surface area contributed by atoms with Crippen LogP contribution in [0.2, 0.25) is 0 Å². The molecule has 26 heavy (non-hydrogen) atoms. The van der Waals surface area contributed by atoms with Gasteiger partial charge in [0.25, 0.3) is 0 Å². The molecule has 1 aliphatic rings. The number of hydrogen-bond acceptors (Lipinski definition) is 5. The summed E-state index contributed by atoms with van der Waals surface area (Å²) in [7, 11) is 1.85. The van der Waals surface area contributed by atoms with E-state index in [1.807, 2.05) is 24.1 Å². The fraction of sp³-hybridized carbons (Fsp3) is 0.389. The molecule has 3 rings (SSSR count). The zero-order valence-electron chi connectivity index (χ0n) is 14.5. The van der Waals surface area contributed by atoms with Gasteiger partial charge < -0.3 is 10.2 Å². The highest BCUT2D eigenvalue weighted by atomic mass is 19.1. The van der Waals surface area contributed by atoms with Crippen molar-refractivity contribution in [3.63, 3.8) is 0 Å². The first kappa shape index (κ1) is 18.2. The van der Waals surface area contributed by atoms with E-state index in [0.29, 0.717) is 6.54 Å². The molecule has 1 saturated heterocycles. The normalized spacial score (nSPS) is 16.9. The molecule has 1 unspecified atom stereocenters. The number of carbonyl (C=O) groups is 1. The minimum Gasteiger partial charge on any atom is -0.351 e. The van der Waals surface area contributed by atoms with Crippen molar-refractivity contribution in [3.8, 4) is 0 Å². The number of carbonyl (C=O) groups excluding carboxylic acids is 1. The molecule has 0 spiro atoms. The second-order valence-corrected chi connectivity index (χ2v) is 6.47. The zero-order valence-corrected chi connectivity index (χ0v) is 14.5. The van der Waals surface area contributed by atoms with Gasteiger partial charge in [0.05, 0.1) is 6.54 Å². The van der Waals surface area contributed by atoms with Crippen LogP contribution in [0.4, 0.5) is 20.3 Å². The number of rotatable bonds is 6. The quantitative estimate of drug-likeness (QED) is 0.855. The molecule has 1 aliphatic heterocycles. The highest BCUT2D eigenvalue weighted by molar-refractivity contribution is 5.92. The van der Waals surface area contributed by atoms with Gasteiger partial charge in [-0.25, -0.2) is 8.78 Å². The number of benzene rings is 1. The Balaban J connectivity index is 1.54. The predicted octanol–water partition coefficient (Wildman–Crippen LogP) is 2.29. The van der Waals surface area contributed by atoms with Crippen LogP contribution < -0.4 is 10.2 Å². The van der Waals surface area contributed by atoms with E-state index in [0.717, 1.165) is 43.4 Å². The van der Waals surface area contributed by atoms with Crippen LogP contribution in [-0.2, 0) is 4.79 Å². The molecule has 6 nitrogen and oxygen atoms in total. The summed E-state index contributed by atoms with van der Waals surface area (Å²) in [6.07, 6.45) is 3.71. The third-order valence-electron chi connectivity index (χ3n) is 4.31. The SMILES string of the molecule is CN(CC(=O)Nc1cc(F)cc(F)c1)CC1CCCN1c1cccnn1. The fourth-order valence-corrected chi connectivity index (χ4v) is 3.27. The Morgan fingerprint density at radius 1 is 1.35 bits per heavy atom. The first-order valence-electron chi connectivity index (χ1n) is 8.50. The van der Waals surface area contributed by atoms with Crippen LogP contribution in [0.3, 0.4) is 0 Å². The largest absolute Gasteiger partial charge is 0.351 e. The van der Waals surface area contributed by atoms with E-state index in [2.05, 4.69) is 20.4 Å².